The molecule has 0 saturated carbocycles. The Hall–Kier alpha value is -2.69. The molecule has 0 aliphatic heterocycles. The third-order valence-electron chi connectivity index (χ3n) is 4.38. The fraction of sp³-hybridized carbons (Fsp3) is 0.316. The van der Waals surface area contributed by atoms with E-state index in [1.807, 2.05) is 28.9 Å². The molecule has 0 fully saturated rings. The highest BCUT2D eigenvalue weighted by Crippen LogP contribution is 2.20. The van der Waals surface area contributed by atoms with E-state index in [1.54, 1.807) is 0 Å². The van der Waals surface area contributed by atoms with Gasteiger partial charge in [-0.1, -0.05) is 43.3 Å². The van der Waals surface area contributed by atoms with Crippen LogP contribution in [0.4, 0.5) is 0 Å². The van der Waals surface area contributed by atoms with Crippen molar-refractivity contribution in [2.24, 2.45) is 5.92 Å². The molecule has 0 saturated heterocycles. The summed E-state index contributed by atoms with van der Waals surface area (Å²) in [5.41, 5.74) is 4.19. The first-order chi connectivity index (χ1) is 11.7. The summed E-state index contributed by atoms with van der Waals surface area (Å²) in [6, 6.07) is 16.4. The summed E-state index contributed by atoms with van der Waals surface area (Å²) in [6.45, 7) is 6.11. The van der Waals surface area contributed by atoms with Crippen LogP contribution < -0.4 is 0 Å². The molecule has 4 aromatic rings. The van der Waals surface area contributed by atoms with Gasteiger partial charge in [0.25, 0.3) is 0 Å². The van der Waals surface area contributed by atoms with E-state index in [9.17, 15) is 0 Å². The predicted molar refractivity (Wildman–Crippen MR) is 95.8 cm³/mol. The second-order valence-electron chi connectivity index (χ2n) is 6.59. The monoisotopic (exact) mass is 319 g/mol. The Labute approximate surface area is 140 Å². The van der Waals surface area contributed by atoms with E-state index >= 15 is 0 Å². The van der Waals surface area contributed by atoms with Gasteiger partial charge in [0.2, 0.25) is 0 Å². The van der Waals surface area contributed by atoms with E-state index in [2.05, 4.69) is 53.0 Å². The van der Waals surface area contributed by atoms with Crippen LogP contribution in [-0.4, -0.2) is 24.5 Å². The van der Waals surface area contributed by atoms with Gasteiger partial charge in [0.15, 0.2) is 0 Å². The Morgan fingerprint density at radius 3 is 2.42 bits per heavy atom. The number of hydrogen-bond acceptors (Lipinski definition) is 3. The van der Waals surface area contributed by atoms with Crippen molar-refractivity contribution in [2.45, 2.75) is 33.4 Å². The van der Waals surface area contributed by atoms with E-state index < -0.39 is 0 Å². The molecule has 4 rings (SSSR count). The van der Waals surface area contributed by atoms with Gasteiger partial charge in [-0.3, -0.25) is 0 Å². The van der Waals surface area contributed by atoms with Crippen LogP contribution in [-0.2, 0) is 13.1 Å². The molecule has 0 amide bonds. The van der Waals surface area contributed by atoms with Gasteiger partial charge in [0.05, 0.1) is 16.6 Å². The van der Waals surface area contributed by atoms with Crippen LogP contribution in [0.2, 0.25) is 0 Å². The smallest absolute Gasteiger partial charge is 0.131 e. The summed E-state index contributed by atoms with van der Waals surface area (Å²) in [5.74, 6) is 1.69. The van der Waals surface area contributed by atoms with Crippen LogP contribution in [0.15, 0.2) is 48.5 Å². The minimum Gasteiger partial charge on any atom is -0.326 e. The maximum Gasteiger partial charge on any atom is 0.131 e. The minimum absolute atomic E-state index is 0.632. The maximum absolute atomic E-state index is 4.85. The number of aromatic nitrogens is 5. The molecule has 0 radical (unpaired) electrons. The molecular weight excluding hydrogens is 298 g/mol. The molecular formula is C19H21N5. The Morgan fingerprint density at radius 2 is 1.62 bits per heavy atom. The Morgan fingerprint density at radius 1 is 0.917 bits per heavy atom. The van der Waals surface area contributed by atoms with Crippen molar-refractivity contribution in [3.8, 4) is 0 Å². The van der Waals surface area contributed by atoms with E-state index in [0.29, 0.717) is 12.5 Å². The van der Waals surface area contributed by atoms with Crippen LogP contribution in [0, 0.1) is 5.92 Å². The lowest BCUT2D eigenvalue weighted by atomic mass is 10.1. The Kier molecular flexibility index (Phi) is 3.76. The van der Waals surface area contributed by atoms with Crippen molar-refractivity contribution in [3.63, 3.8) is 0 Å². The van der Waals surface area contributed by atoms with Crippen molar-refractivity contribution < 1.29 is 0 Å². The zero-order valence-electron chi connectivity index (χ0n) is 14.1. The van der Waals surface area contributed by atoms with E-state index in [4.69, 9.17) is 4.98 Å². The van der Waals surface area contributed by atoms with Gasteiger partial charge >= 0.3 is 0 Å². The Bertz CT molecular complexity index is 980. The number of fused-ring (bicyclic) bond motifs is 2. The molecule has 2 heterocycles. The molecule has 0 atom stereocenters. The SMILES string of the molecule is CC(C)CCn1c(Cn2nnc3ccccc32)nc2ccccc21. The van der Waals surface area contributed by atoms with Gasteiger partial charge in [-0.05, 0) is 36.6 Å². The number of aryl methyl sites for hydroxylation is 1. The molecule has 0 aliphatic carbocycles. The van der Waals surface area contributed by atoms with Gasteiger partial charge in [-0.25, -0.2) is 9.67 Å². The van der Waals surface area contributed by atoms with E-state index in [1.165, 1.54) is 5.52 Å². The molecule has 5 nitrogen and oxygen atoms in total. The van der Waals surface area contributed by atoms with Crippen LogP contribution in [0.5, 0.6) is 0 Å². The zero-order valence-corrected chi connectivity index (χ0v) is 14.1. The van der Waals surface area contributed by atoms with Crippen molar-refractivity contribution in [3.05, 3.63) is 54.4 Å². The normalized spacial score (nSPS) is 11.8. The molecule has 5 heteroatoms. The molecule has 0 unspecified atom stereocenters. The third kappa shape index (κ3) is 2.66. The van der Waals surface area contributed by atoms with Gasteiger partial charge in [-0.2, -0.15) is 0 Å². The lowest BCUT2D eigenvalue weighted by Crippen LogP contribution is -2.11. The molecule has 2 aromatic carbocycles. The average molecular weight is 319 g/mol. The van der Waals surface area contributed by atoms with Gasteiger partial charge in [0.1, 0.15) is 17.9 Å². The minimum atomic E-state index is 0.632. The first-order valence-electron chi connectivity index (χ1n) is 8.45. The highest BCUT2D eigenvalue weighted by molar-refractivity contribution is 5.76. The van der Waals surface area contributed by atoms with Crippen molar-refractivity contribution in [1.82, 2.24) is 24.5 Å². The maximum atomic E-state index is 4.85. The molecule has 2 aromatic heterocycles. The standard InChI is InChI=1S/C19H21N5/c1-14(2)11-12-23-17-9-5-3-7-15(17)20-19(23)13-24-18-10-6-4-8-16(18)21-22-24/h3-10,14H,11-13H2,1-2H3. The molecule has 0 bridgehead atoms. The quantitative estimate of drug-likeness (QED) is 0.561. The van der Waals surface area contributed by atoms with Crippen molar-refractivity contribution in [2.75, 3.05) is 0 Å². The topological polar surface area (TPSA) is 48.5 Å². The summed E-state index contributed by atoms with van der Waals surface area (Å²) >= 11 is 0. The molecule has 24 heavy (non-hydrogen) atoms. The van der Waals surface area contributed by atoms with E-state index in [-0.39, 0.29) is 0 Å². The fourth-order valence-electron chi connectivity index (χ4n) is 3.05. The molecule has 0 aliphatic rings. The number of hydrogen-bond donors (Lipinski definition) is 0. The van der Waals surface area contributed by atoms with Gasteiger partial charge < -0.3 is 4.57 Å². The van der Waals surface area contributed by atoms with Gasteiger partial charge in [0, 0.05) is 6.54 Å². The first kappa shape index (κ1) is 14.9. The molecule has 0 spiro atoms. The van der Waals surface area contributed by atoms with E-state index in [0.717, 1.165) is 35.3 Å². The highest BCUT2D eigenvalue weighted by Gasteiger charge is 2.13. The number of nitrogens with zero attached hydrogens (tertiary/aromatic N) is 5. The number of rotatable bonds is 5. The number of benzene rings is 2. The number of imidazole rings is 1. The second kappa shape index (κ2) is 6.07. The summed E-state index contributed by atoms with van der Waals surface area (Å²) in [7, 11) is 0. The van der Waals surface area contributed by atoms with Crippen molar-refractivity contribution in [1.29, 1.82) is 0 Å². The lowest BCUT2D eigenvalue weighted by Gasteiger charge is -2.11. The van der Waals surface area contributed by atoms with Crippen LogP contribution in [0.1, 0.15) is 26.1 Å². The van der Waals surface area contributed by atoms with Gasteiger partial charge in [-0.15, -0.1) is 5.10 Å². The first-order valence-corrected chi connectivity index (χ1v) is 8.45. The summed E-state index contributed by atoms with van der Waals surface area (Å²) < 4.78 is 4.26. The highest BCUT2D eigenvalue weighted by atomic mass is 15.4. The summed E-state index contributed by atoms with van der Waals surface area (Å²) in [6.07, 6.45) is 1.13. The Balaban J connectivity index is 1.76. The molecule has 0 N–H and O–H groups in total. The summed E-state index contributed by atoms with van der Waals surface area (Å²) in [5, 5.41) is 8.56. The lowest BCUT2D eigenvalue weighted by molar-refractivity contribution is 0.503. The van der Waals surface area contributed by atoms with Crippen LogP contribution >= 0.6 is 0 Å². The fourth-order valence-corrected chi connectivity index (χ4v) is 3.05. The van der Waals surface area contributed by atoms with Crippen LogP contribution in [0.25, 0.3) is 22.1 Å². The molecule has 122 valence electrons. The van der Waals surface area contributed by atoms with Crippen molar-refractivity contribution >= 4 is 22.1 Å². The van der Waals surface area contributed by atoms with Crippen LogP contribution in [0.3, 0.4) is 0 Å². The predicted octanol–water partition coefficient (Wildman–Crippen LogP) is 3.88. The largest absolute Gasteiger partial charge is 0.326 e. The summed E-state index contributed by atoms with van der Waals surface area (Å²) in [4.78, 5) is 4.85. The average Bonchev–Trinajstić information content (AvgIpc) is 3.15. The third-order valence-corrected chi connectivity index (χ3v) is 4.38. The second-order valence-corrected chi connectivity index (χ2v) is 6.59. The zero-order chi connectivity index (χ0) is 16.5. The number of para-hydroxylation sites is 3.